The number of amides is 1. The molecule has 2 aromatic heterocycles. The normalized spacial score (nSPS) is 16.3. The molecule has 1 aliphatic rings. The Labute approximate surface area is 196 Å². The van der Waals surface area contributed by atoms with Crippen molar-refractivity contribution in [1.82, 2.24) is 9.80 Å². The second-order valence-corrected chi connectivity index (χ2v) is 9.39. The van der Waals surface area contributed by atoms with Crippen molar-refractivity contribution in [2.75, 3.05) is 38.5 Å². The summed E-state index contributed by atoms with van der Waals surface area (Å²) in [6, 6.07) is 19.2. The minimum atomic E-state index is -0.205. The second-order valence-electron chi connectivity index (χ2n) is 8.03. The molecule has 0 spiro atoms. The van der Waals surface area contributed by atoms with E-state index in [1.807, 2.05) is 66.0 Å². The lowest BCUT2D eigenvalue weighted by Crippen LogP contribution is -2.46. The van der Waals surface area contributed by atoms with Gasteiger partial charge in [0, 0.05) is 36.6 Å². The van der Waals surface area contributed by atoms with Crippen molar-refractivity contribution < 1.29 is 9.21 Å². The molecule has 1 atom stereocenters. The van der Waals surface area contributed by atoms with Gasteiger partial charge in [0.1, 0.15) is 5.58 Å². The van der Waals surface area contributed by atoms with Gasteiger partial charge in [-0.1, -0.05) is 48.0 Å². The largest absolute Gasteiger partial charge is 0.457 e. The second kappa shape index (κ2) is 9.08. The number of hydrogen-bond donors (Lipinski definition) is 1. The lowest BCUT2D eigenvalue weighted by Gasteiger charge is -2.37. The molecule has 5 rings (SSSR count). The van der Waals surface area contributed by atoms with E-state index in [2.05, 4.69) is 22.2 Å². The number of benzene rings is 2. The summed E-state index contributed by atoms with van der Waals surface area (Å²) in [5.41, 5.74) is 2.43. The maximum atomic E-state index is 13.0. The lowest BCUT2D eigenvalue weighted by molar-refractivity contribution is 0.102. The van der Waals surface area contributed by atoms with Crippen LogP contribution in [0.4, 0.5) is 5.69 Å². The molecule has 7 heteroatoms. The van der Waals surface area contributed by atoms with Crippen LogP contribution < -0.4 is 5.32 Å². The molecule has 1 unspecified atom stereocenters. The zero-order chi connectivity index (χ0) is 22.1. The number of nitrogens with zero attached hydrogens (tertiary/aromatic N) is 2. The number of para-hydroxylation sites is 1. The van der Waals surface area contributed by atoms with Crippen molar-refractivity contribution in [3.05, 3.63) is 87.3 Å². The number of furan rings is 1. The van der Waals surface area contributed by atoms with Crippen molar-refractivity contribution in [1.29, 1.82) is 0 Å². The first-order valence-electron chi connectivity index (χ1n) is 10.6. The number of anilines is 1. The molecule has 0 radical (unpaired) electrons. The van der Waals surface area contributed by atoms with Crippen LogP contribution in [0.25, 0.3) is 11.0 Å². The van der Waals surface area contributed by atoms with Gasteiger partial charge in [-0.25, -0.2) is 0 Å². The van der Waals surface area contributed by atoms with E-state index in [9.17, 15) is 4.79 Å². The van der Waals surface area contributed by atoms with Crippen molar-refractivity contribution in [3.8, 4) is 0 Å². The van der Waals surface area contributed by atoms with E-state index >= 15 is 0 Å². The summed E-state index contributed by atoms with van der Waals surface area (Å²) in [5, 5.41) is 6.63. The average molecular weight is 466 g/mol. The smallest absolute Gasteiger partial charge is 0.265 e. The minimum Gasteiger partial charge on any atom is -0.457 e. The van der Waals surface area contributed by atoms with Crippen LogP contribution in [0, 0.1) is 0 Å². The number of thiophene rings is 1. The van der Waals surface area contributed by atoms with Gasteiger partial charge in [-0.15, -0.1) is 11.3 Å². The van der Waals surface area contributed by atoms with E-state index in [-0.39, 0.29) is 11.9 Å². The molecule has 1 amide bonds. The van der Waals surface area contributed by atoms with Crippen LogP contribution in [0.15, 0.2) is 70.5 Å². The third-order valence-corrected chi connectivity index (χ3v) is 7.17. The zero-order valence-electron chi connectivity index (χ0n) is 17.8. The van der Waals surface area contributed by atoms with E-state index in [4.69, 9.17) is 16.0 Å². The summed E-state index contributed by atoms with van der Waals surface area (Å²) < 4.78 is 6.44. The quantitative estimate of drug-likeness (QED) is 0.408. The Kier molecular flexibility index (Phi) is 6.02. The maximum absolute atomic E-state index is 13.0. The predicted molar refractivity (Wildman–Crippen MR) is 131 cm³/mol. The highest BCUT2D eigenvalue weighted by Crippen LogP contribution is 2.42. The third kappa shape index (κ3) is 4.07. The van der Waals surface area contributed by atoms with Gasteiger partial charge in [-0.2, -0.15) is 0 Å². The minimum absolute atomic E-state index is 0.135. The first-order chi connectivity index (χ1) is 15.6. The molecule has 4 aromatic rings. The van der Waals surface area contributed by atoms with Crippen LogP contribution in [0.3, 0.4) is 0 Å². The summed E-state index contributed by atoms with van der Waals surface area (Å²) in [6.45, 7) is 3.67. The molecule has 0 aliphatic carbocycles. The summed E-state index contributed by atoms with van der Waals surface area (Å²) in [7, 11) is 2.13. The van der Waals surface area contributed by atoms with E-state index in [0.717, 1.165) is 42.7 Å². The third-order valence-electron chi connectivity index (χ3n) is 5.96. The molecule has 164 valence electrons. The standard InChI is InChI=1S/C25H24ClN3O2S/c1-28-12-14-29(15-13-28)23(17-7-2-4-9-19(17)26)24-22(18-8-3-5-10-20(18)31-24)27-25(30)21-11-6-16-32-21/h2-11,16,23H,12-15H2,1H3,(H,27,30). The Morgan fingerprint density at radius 3 is 2.53 bits per heavy atom. The van der Waals surface area contributed by atoms with Crippen LogP contribution in [0.2, 0.25) is 5.02 Å². The Bertz CT molecular complexity index is 1230. The molecule has 0 bridgehead atoms. The van der Waals surface area contributed by atoms with E-state index in [1.165, 1.54) is 11.3 Å². The number of nitrogens with one attached hydrogen (secondary N) is 1. The van der Waals surface area contributed by atoms with Crippen LogP contribution in [0.5, 0.6) is 0 Å². The van der Waals surface area contributed by atoms with Gasteiger partial charge in [0.05, 0.1) is 16.6 Å². The van der Waals surface area contributed by atoms with E-state index in [0.29, 0.717) is 21.3 Å². The van der Waals surface area contributed by atoms with Gasteiger partial charge < -0.3 is 14.6 Å². The van der Waals surface area contributed by atoms with Gasteiger partial charge in [-0.05, 0) is 42.3 Å². The average Bonchev–Trinajstić information content (AvgIpc) is 3.46. The molecule has 1 fully saturated rings. The summed E-state index contributed by atoms with van der Waals surface area (Å²) in [6.07, 6.45) is 0. The number of hydrogen-bond acceptors (Lipinski definition) is 5. The van der Waals surface area contributed by atoms with Crippen molar-refractivity contribution in [2.24, 2.45) is 0 Å². The zero-order valence-corrected chi connectivity index (χ0v) is 19.3. The summed E-state index contributed by atoms with van der Waals surface area (Å²) >= 11 is 8.11. The molecule has 1 N–H and O–H groups in total. The first kappa shape index (κ1) is 21.2. The lowest BCUT2D eigenvalue weighted by atomic mass is 9.99. The molecule has 1 saturated heterocycles. The van der Waals surface area contributed by atoms with Gasteiger partial charge >= 0.3 is 0 Å². The van der Waals surface area contributed by atoms with Crippen LogP contribution >= 0.6 is 22.9 Å². The Balaban J connectivity index is 1.65. The fourth-order valence-electron chi connectivity index (χ4n) is 4.25. The molecule has 0 saturated carbocycles. The molecule has 3 heterocycles. The molecule has 1 aliphatic heterocycles. The van der Waals surface area contributed by atoms with Gasteiger partial charge in [0.25, 0.3) is 5.91 Å². The van der Waals surface area contributed by atoms with E-state index in [1.54, 1.807) is 0 Å². The molecule has 2 aromatic carbocycles. The molecule has 5 nitrogen and oxygen atoms in total. The molecule has 32 heavy (non-hydrogen) atoms. The number of fused-ring (bicyclic) bond motifs is 1. The van der Waals surface area contributed by atoms with Gasteiger partial charge in [-0.3, -0.25) is 9.69 Å². The Morgan fingerprint density at radius 1 is 1.03 bits per heavy atom. The van der Waals surface area contributed by atoms with Crippen molar-refractivity contribution >= 4 is 45.5 Å². The van der Waals surface area contributed by atoms with Crippen LogP contribution in [0.1, 0.15) is 27.0 Å². The van der Waals surface area contributed by atoms with Crippen molar-refractivity contribution in [3.63, 3.8) is 0 Å². The molecular weight excluding hydrogens is 442 g/mol. The number of likely N-dealkylation sites (N-methyl/N-ethyl adjacent to an activating group) is 1. The highest BCUT2D eigenvalue weighted by atomic mass is 35.5. The predicted octanol–water partition coefficient (Wildman–Crippen LogP) is 5.74. The number of carbonyl (C=O) groups excluding carboxylic acids is 1. The fraction of sp³-hybridized carbons (Fsp3) is 0.240. The summed E-state index contributed by atoms with van der Waals surface area (Å²) in [5.74, 6) is 0.581. The number of carbonyl (C=O) groups is 1. The SMILES string of the molecule is CN1CCN(C(c2ccccc2Cl)c2oc3ccccc3c2NC(=O)c2cccs2)CC1. The molecular formula is C25H24ClN3O2S. The highest BCUT2D eigenvalue weighted by molar-refractivity contribution is 7.12. The summed E-state index contributed by atoms with van der Waals surface area (Å²) in [4.78, 5) is 18.4. The van der Waals surface area contributed by atoms with Gasteiger partial charge in [0.2, 0.25) is 0 Å². The number of halogens is 1. The first-order valence-corrected chi connectivity index (χ1v) is 11.9. The monoisotopic (exact) mass is 465 g/mol. The number of rotatable bonds is 5. The fourth-order valence-corrected chi connectivity index (χ4v) is 5.11. The maximum Gasteiger partial charge on any atom is 0.265 e. The van der Waals surface area contributed by atoms with E-state index < -0.39 is 0 Å². The van der Waals surface area contributed by atoms with Crippen LogP contribution in [-0.2, 0) is 0 Å². The van der Waals surface area contributed by atoms with Crippen LogP contribution in [-0.4, -0.2) is 48.9 Å². The van der Waals surface area contributed by atoms with Crippen molar-refractivity contribution in [2.45, 2.75) is 6.04 Å². The topological polar surface area (TPSA) is 48.7 Å². The Morgan fingerprint density at radius 2 is 1.78 bits per heavy atom. The Hall–Kier alpha value is -2.64. The highest BCUT2D eigenvalue weighted by Gasteiger charge is 2.33. The van der Waals surface area contributed by atoms with Gasteiger partial charge in [0.15, 0.2) is 5.76 Å². The number of piperazine rings is 1.